The topological polar surface area (TPSA) is 106 Å². The number of carbonyl (C=O) groups is 3. The molecule has 0 aliphatic rings. The zero-order valence-electron chi connectivity index (χ0n) is 13.0. The molecular weight excluding hydrogens is 302 g/mol. The maximum atomic E-state index is 11.5. The smallest absolute Gasteiger partial charge is 0.337 e. The fraction of sp³-hybridized carbons (Fsp3) is 0.333. The normalized spacial score (nSPS) is 10.3. The Morgan fingerprint density at radius 3 is 2.43 bits per heavy atom. The van der Waals surface area contributed by atoms with Gasteiger partial charge in [-0.05, 0) is 17.7 Å². The third-order valence-electron chi connectivity index (χ3n) is 2.68. The number of methoxy groups -OCH3 is 2. The number of ether oxygens (including phenoxy) is 2. The number of carbonyl (C=O) groups excluding carboxylic acids is 3. The van der Waals surface area contributed by atoms with Crippen molar-refractivity contribution in [2.45, 2.75) is 6.42 Å². The lowest BCUT2D eigenvalue weighted by atomic mass is 10.1. The Balaban J connectivity index is 2.39. The number of benzene rings is 1. The molecule has 0 aromatic heterocycles. The van der Waals surface area contributed by atoms with Crippen LogP contribution in [-0.2, 0) is 19.1 Å². The number of rotatable bonds is 8. The maximum absolute atomic E-state index is 11.5. The zero-order valence-corrected chi connectivity index (χ0v) is 13.0. The molecule has 0 heterocycles. The summed E-state index contributed by atoms with van der Waals surface area (Å²) < 4.78 is 9.36. The fourth-order valence-corrected chi connectivity index (χ4v) is 1.54. The number of hydrazone groups is 1. The van der Waals surface area contributed by atoms with Crippen molar-refractivity contribution in [1.82, 2.24) is 10.7 Å². The van der Waals surface area contributed by atoms with Crippen molar-refractivity contribution in [1.29, 1.82) is 0 Å². The first-order valence-corrected chi connectivity index (χ1v) is 6.82. The van der Waals surface area contributed by atoms with Crippen molar-refractivity contribution < 1.29 is 23.9 Å². The summed E-state index contributed by atoms with van der Waals surface area (Å²) in [4.78, 5) is 34.1. The fourth-order valence-electron chi connectivity index (χ4n) is 1.54. The average molecular weight is 321 g/mol. The molecule has 0 saturated carbocycles. The van der Waals surface area contributed by atoms with Crippen LogP contribution in [0.5, 0.6) is 0 Å². The van der Waals surface area contributed by atoms with Crippen molar-refractivity contribution in [3.8, 4) is 0 Å². The van der Waals surface area contributed by atoms with Gasteiger partial charge in [-0.25, -0.2) is 10.2 Å². The van der Waals surface area contributed by atoms with Gasteiger partial charge in [0.2, 0.25) is 11.8 Å². The molecule has 0 atom stereocenters. The second-order valence-electron chi connectivity index (χ2n) is 4.43. The predicted molar refractivity (Wildman–Crippen MR) is 83.0 cm³/mol. The highest BCUT2D eigenvalue weighted by Crippen LogP contribution is 2.03. The summed E-state index contributed by atoms with van der Waals surface area (Å²) in [6.07, 6.45) is 1.09. The van der Waals surface area contributed by atoms with Gasteiger partial charge in [0.15, 0.2) is 0 Å². The van der Waals surface area contributed by atoms with Crippen LogP contribution in [0.1, 0.15) is 22.3 Å². The van der Waals surface area contributed by atoms with E-state index in [9.17, 15) is 14.4 Å². The third-order valence-corrected chi connectivity index (χ3v) is 2.68. The standard InChI is InChI=1S/C15H19N3O5/c1-22-8-7-16-13(19)9-14(20)18-17-10-11-3-5-12(6-4-11)15(21)23-2/h3-6,10H,7-9H2,1-2H3,(H,16,19)(H,18,20)/b17-10-. The van der Waals surface area contributed by atoms with E-state index in [1.807, 2.05) is 0 Å². The quantitative estimate of drug-likeness (QED) is 0.232. The SMILES string of the molecule is COCCNC(=O)CC(=O)N/N=C\c1ccc(C(=O)OC)cc1. The minimum Gasteiger partial charge on any atom is -0.465 e. The molecule has 0 spiro atoms. The first-order valence-electron chi connectivity index (χ1n) is 6.82. The molecule has 0 saturated heterocycles. The van der Waals surface area contributed by atoms with Gasteiger partial charge < -0.3 is 14.8 Å². The van der Waals surface area contributed by atoms with Crippen molar-refractivity contribution in [3.63, 3.8) is 0 Å². The van der Waals surface area contributed by atoms with Crippen LogP contribution in [0.3, 0.4) is 0 Å². The number of hydrogen-bond acceptors (Lipinski definition) is 6. The second-order valence-corrected chi connectivity index (χ2v) is 4.43. The van der Waals surface area contributed by atoms with Crippen LogP contribution >= 0.6 is 0 Å². The Morgan fingerprint density at radius 1 is 1.13 bits per heavy atom. The molecule has 2 amide bonds. The molecule has 124 valence electrons. The molecule has 8 heteroatoms. The molecule has 0 aliphatic heterocycles. The van der Waals surface area contributed by atoms with Gasteiger partial charge in [0.1, 0.15) is 6.42 Å². The van der Waals surface area contributed by atoms with E-state index in [0.29, 0.717) is 24.3 Å². The van der Waals surface area contributed by atoms with Gasteiger partial charge in [0, 0.05) is 13.7 Å². The van der Waals surface area contributed by atoms with Crippen LogP contribution in [0.4, 0.5) is 0 Å². The lowest BCUT2D eigenvalue weighted by Crippen LogP contribution is -2.31. The Labute approximate surface area is 133 Å². The van der Waals surface area contributed by atoms with Gasteiger partial charge in [-0.15, -0.1) is 0 Å². The zero-order chi connectivity index (χ0) is 17.1. The van der Waals surface area contributed by atoms with Crippen molar-refractivity contribution in [2.24, 2.45) is 5.10 Å². The monoisotopic (exact) mass is 321 g/mol. The Bertz CT molecular complexity index is 569. The summed E-state index contributed by atoms with van der Waals surface area (Å²) in [5.74, 6) is -1.36. The van der Waals surface area contributed by atoms with Crippen molar-refractivity contribution >= 4 is 24.0 Å². The van der Waals surface area contributed by atoms with Crippen molar-refractivity contribution in [3.05, 3.63) is 35.4 Å². The summed E-state index contributed by atoms with van der Waals surface area (Å²) in [7, 11) is 2.82. The highest BCUT2D eigenvalue weighted by atomic mass is 16.5. The first-order chi connectivity index (χ1) is 11.1. The number of hydrogen-bond donors (Lipinski definition) is 2. The highest BCUT2D eigenvalue weighted by Gasteiger charge is 2.07. The minimum atomic E-state index is -0.526. The largest absolute Gasteiger partial charge is 0.465 e. The molecule has 2 N–H and O–H groups in total. The van der Waals surface area contributed by atoms with Gasteiger partial charge in [0.05, 0.1) is 25.5 Å². The number of esters is 1. The molecule has 0 bridgehead atoms. The average Bonchev–Trinajstić information content (AvgIpc) is 2.55. The molecule has 0 aliphatic carbocycles. The number of nitrogens with zero attached hydrogens (tertiary/aromatic N) is 1. The number of amides is 2. The molecule has 0 fully saturated rings. The summed E-state index contributed by atoms with van der Waals surface area (Å²) in [5, 5.41) is 6.26. The van der Waals surface area contributed by atoms with Crippen LogP contribution in [0.25, 0.3) is 0 Å². The van der Waals surface area contributed by atoms with Crippen molar-refractivity contribution in [2.75, 3.05) is 27.4 Å². The van der Waals surface area contributed by atoms with Gasteiger partial charge in [0.25, 0.3) is 0 Å². The molecule has 1 rings (SSSR count). The molecule has 0 unspecified atom stereocenters. The van der Waals surface area contributed by atoms with Gasteiger partial charge >= 0.3 is 5.97 Å². The third kappa shape index (κ3) is 7.18. The van der Waals surface area contributed by atoms with E-state index in [-0.39, 0.29) is 6.42 Å². The van der Waals surface area contributed by atoms with E-state index in [0.717, 1.165) is 0 Å². The maximum Gasteiger partial charge on any atom is 0.337 e. The van der Waals surface area contributed by atoms with E-state index < -0.39 is 17.8 Å². The second kappa shape index (κ2) is 10.1. The van der Waals surface area contributed by atoms with Crippen LogP contribution in [-0.4, -0.2) is 51.4 Å². The number of nitrogens with one attached hydrogen (secondary N) is 2. The molecule has 23 heavy (non-hydrogen) atoms. The minimum absolute atomic E-state index is 0.317. The van der Waals surface area contributed by atoms with Crippen LogP contribution < -0.4 is 10.7 Å². The summed E-state index contributed by atoms with van der Waals surface area (Å²) in [6.45, 7) is 0.728. The van der Waals surface area contributed by atoms with E-state index in [4.69, 9.17) is 4.74 Å². The molecule has 1 aromatic rings. The Kier molecular flexibility index (Phi) is 8.01. The summed E-state index contributed by atoms with van der Waals surface area (Å²) in [5.41, 5.74) is 3.35. The van der Waals surface area contributed by atoms with Gasteiger partial charge in [-0.1, -0.05) is 12.1 Å². The van der Waals surface area contributed by atoms with E-state index in [2.05, 4.69) is 20.6 Å². The van der Waals surface area contributed by atoms with Gasteiger partial charge in [-0.2, -0.15) is 5.10 Å². The Morgan fingerprint density at radius 2 is 1.83 bits per heavy atom. The lowest BCUT2D eigenvalue weighted by molar-refractivity contribution is -0.129. The summed E-state index contributed by atoms with van der Waals surface area (Å²) >= 11 is 0. The predicted octanol–water partition coefficient (Wildman–Crippen LogP) is 0.0760. The lowest BCUT2D eigenvalue weighted by Gasteiger charge is -2.03. The van der Waals surface area contributed by atoms with Crippen LogP contribution in [0, 0.1) is 0 Å². The highest BCUT2D eigenvalue weighted by molar-refractivity contribution is 5.97. The van der Waals surface area contributed by atoms with Gasteiger partial charge in [-0.3, -0.25) is 9.59 Å². The first kappa shape index (κ1) is 18.3. The molecular formula is C15H19N3O5. The van der Waals surface area contributed by atoms with E-state index in [1.165, 1.54) is 20.4 Å². The Hall–Kier alpha value is -2.74. The summed E-state index contributed by atoms with van der Waals surface area (Å²) in [6, 6.07) is 6.47. The molecule has 0 radical (unpaired) electrons. The molecule has 1 aromatic carbocycles. The van der Waals surface area contributed by atoms with E-state index >= 15 is 0 Å². The van der Waals surface area contributed by atoms with E-state index in [1.54, 1.807) is 24.3 Å². The van der Waals surface area contributed by atoms with Crippen LogP contribution in [0.2, 0.25) is 0 Å². The molecule has 8 nitrogen and oxygen atoms in total. The van der Waals surface area contributed by atoms with Crippen LogP contribution in [0.15, 0.2) is 29.4 Å².